The minimum Gasteiger partial charge on any atom is -0.414 e. The van der Waals surface area contributed by atoms with Crippen LogP contribution in [0.3, 0.4) is 0 Å². The largest absolute Gasteiger partial charge is 0.414 e. The average Bonchev–Trinajstić information content (AvgIpc) is 2.93. The lowest BCUT2D eigenvalue weighted by molar-refractivity contribution is 0.0569. The van der Waals surface area contributed by atoms with Gasteiger partial charge in [0.2, 0.25) is 0 Å². The summed E-state index contributed by atoms with van der Waals surface area (Å²) < 4.78 is 6.45. The summed E-state index contributed by atoms with van der Waals surface area (Å²) >= 11 is 0. The van der Waals surface area contributed by atoms with Gasteiger partial charge in [0.05, 0.1) is 23.8 Å². The molecule has 5 heteroatoms. The molecule has 1 aromatic rings. The molecular formula is C24H35NO3Si. The van der Waals surface area contributed by atoms with E-state index in [1.807, 2.05) is 12.1 Å². The Hall–Kier alpha value is -1.72. The van der Waals surface area contributed by atoms with Crippen LogP contribution in [0.25, 0.3) is 0 Å². The van der Waals surface area contributed by atoms with Gasteiger partial charge in [0.25, 0.3) is 11.8 Å². The van der Waals surface area contributed by atoms with Gasteiger partial charge in [-0.1, -0.05) is 64.3 Å². The summed E-state index contributed by atoms with van der Waals surface area (Å²) in [6.45, 7) is 11.4. The Labute approximate surface area is 176 Å². The third kappa shape index (κ3) is 4.72. The summed E-state index contributed by atoms with van der Waals surface area (Å²) in [6.07, 6.45) is 10.5. The van der Waals surface area contributed by atoms with Gasteiger partial charge in [-0.3, -0.25) is 14.5 Å². The summed E-state index contributed by atoms with van der Waals surface area (Å²) in [6, 6.07) is 6.75. The molecule has 1 unspecified atom stereocenters. The molecular weight excluding hydrogens is 378 g/mol. The first-order valence-corrected chi connectivity index (χ1v) is 13.8. The quantitative estimate of drug-likeness (QED) is 0.336. The number of nitrogens with zero attached hydrogens (tertiary/aromatic N) is 1. The number of hydrogen-bond acceptors (Lipinski definition) is 3. The highest BCUT2D eigenvalue weighted by Gasteiger charge is 2.42. The number of carbonyl (C=O) groups is 2. The summed E-state index contributed by atoms with van der Waals surface area (Å²) in [4.78, 5) is 27.5. The van der Waals surface area contributed by atoms with Gasteiger partial charge in [0.15, 0.2) is 8.32 Å². The second kappa shape index (κ2) is 8.56. The Bertz CT molecular complexity index is 753. The van der Waals surface area contributed by atoms with Crippen molar-refractivity contribution >= 4 is 20.1 Å². The highest BCUT2D eigenvalue weighted by atomic mass is 28.4. The number of imide groups is 1. The molecule has 0 spiro atoms. The van der Waals surface area contributed by atoms with Crippen molar-refractivity contribution in [1.82, 2.24) is 4.90 Å². The summed E-state index contributed by atoms with van der Waals surface area (Å²) in [5.41, 5.74) is 1.00. The van der Waals surface area contributed by atoms with E-state index in [-0.39, 0.29) is 22.9 Å². The van der Waals surface area contributed by atoms with Crippen LogP contribution in [0.5, 0.6) is 0 Å². The van der Waals surface area contributed by atoms with Crippen LogP contribution in [0, 0.1) is 5.92 Å². The Balaban J connectivity index is 1.84. The maximum Gasteiger partial charge on any atom is 0.262 e. The fourth-order valence-corrected chi connectivity index (χ4v) is 4.87. The number of hydrogen-bond donors (Lipinski definition) is 0. The minimum absolute atomic E-state index is 0.0760. The van der Waals surface area contributed by atoms with E-state index in [4.69, 9.17) is 4.43 Å². The molecule has 1 fully saturated rings. The van der Waals surface area contributed by atoms with Crippen LogP contribution in [0.1, 0.15) is 73.6 Å². The molecule has 1 aliphatic carbocycles. The molecule has 2 aliphatic rings. The highest BCUT2D eigenvalue weighted by molar-refractivity contribution is 6.74. The second-order valence-electron chi connectivity index (χ2n) is 9.95. The van der Waals surface area contributed by atoms with Crippen LogP contribution < -0.4 is 0 Å². The Morgan fingerprint density at radius 2 is 1.62 bits per heavy atom. The van der Waals surface area contributed by atoms with Crippen LogP contribution >= 0.6 is 0 Å². The monoisotopic (exact) mass is 413 g/mol. The third-order valence-electron chi connectivity index (χ3n) is 6.83. The van der Waals surface area contributed by atoms with E-state index < -0.39 is 8.32 Å². The predicted octanol–water partition coefficient (Wildman–Crippen LogP) is 5.81. The van der Waals surface area contributed by atoms with Gasteiger partial charge in [0.1, 0.15) is 0 Å². The van der Waals surface area contributed by atoms with E-state index in [0.29, 0.717) is 23.7 Å². The number of fused-ring (bicyclic) bond motifs is 1. The van der Waals surface area contributed by atoms with E-state index in [0.717, 1.165) is 0 Å². The molecule has 0 aromatic heterocycles. The number of amides is 2. The zero-order valence-corrected chi connectivity index (χ0v) is 19.5. The number of carbonyl (C=O) groups excluding carboxylic acids is 2. The molecule has 158 valence electrons. The van der Waals surface area contributed by atoms with Crippen molar-refractivity contribution in [2.45, 2.75) is 77.0 Å². The molecule has 1 aromatic carbocycles. The van der Waals surface area contributed by atoms with Crippen molar-refractivity contribution in [3.63, 3.8) is 0 Å². The number of benzene rings is 1. The van der Waals surface area contributed by atoms with Crippen molar-refractivity contribution in [2.24, 2.45) is 5.92 Å². The first-order chi connectivity index (χ1) is 13.6. The van der Waals surface area contributed by atoms with Crippen molar-refractivity contribution in [3.8, 4) is 0 Å². The van der Waals surface area contributed by atoms with Crippen molar-refractivity contribution in [2.75, 3.05) is 6.61 Å². The van der Waals surface area contributed by atoms with Gasteiger partial charge >= 0.3 is 0 Å². The van der Waals surface area contributed by atoms with Crippen LogP contribution in [0.2, 0.25) is 18.1 Å². The molecule has 0 N–H and O–H groups in total. The topological polar surface area (TPSA) is 46.6 Å². The maximum atomic E-state index is 13.0. The zero-order chi connectivity index (χ0) is 21.2. The maximum absolute atomic E-state index is 13.0. The fourth-order valence-electron chi connectivity index (χ4n) is 3.85. The van der Waals surface area contributed by atoms with E-state index in [1.165, 1.54) is 37.0 Å². The number of rotatable bonds is 6. The third-order valence-corrected chi connectivity index (χ3v) is 11.3. The fraction of sp³-hybridized carbons (Fsp3) is 0.583. The minimum atomic E-state index is -1.99. The summed E-state index contributed by atoms with van der Waals surface area (Å²) in [5.74, 6) is 0.125. The van der Waals surface area contributed by atoms with Gasteiger partial charge in [-0.2, -0.15) is 0 Å². The van der Waals surface area contributed by atoms with Gasteiger partial charge < -0.3 is 4.43 Å². The van der Waals surface area contributed by atoms with Gasteiger partial charge in [-0.05, 0) is 49.0 Å². The molecule has 29 heavy (non-hydrogen) atoms. The van der Waals surface area contributed by atoms with Crippen LogP contribution in [-0.2, 0) is 4.43 Å². The van der Waals surface area contributed by atoms with E-state index >= 15 is 0 Å². The van der Waals surface area contributed by atoms with Crippen LogP contribution in [-0.4, -0.2) is 37.7 Å². The molecule has 2 amide bonds. The number of allylic oxidation sites excluding steroid dienone is 1. The molecule has 1 heterocycles. The highest BCUT2D eigenvalue weighted by Crippen LogP contribution is 2.37. The first kappa shape index (κ1) is 22.0. The van der Waals surface area contributed by atoms with Gasteiger partial charge in [-0.25, -0.2) is 0 Å². The molecule has 4 nitrogen and oxygen atoms in total. The Kier molecular flexibility index (Phi) is 6.49. The predicted molar refractivity (Wildman–Crippen MR) is 120 cm³/mol. The average molecular weight is 414 g/mol. The van der Waals surface area contributed by atoms with Gasteiger partial charge in [0, 0.05) is 0 Å². The van der Waals surface area contributed by atoms with Crippen LogP contribution in [0.4, 0.5) is 0 Å². The lowest BCUT2D eigenvalue weighted by atomic mass is 9.89. The smallest absolute Gasteiger partial charge is 0.262 e. The SMILES string of the molecule is CC(C)(C)[Si](C)(C)OCC(C=CC1CCCCC1)N1C(=O)c2ccccc2C1=O. The van der Waals surface area contributed by atoms with Crippen molar-refractivity contribution < 1.29 is 14.0 Å². The summed E-state index contributed by atoms with van der Waals surface area (Å²) in [5, 5.41) is 0.0760. The molecule has 1 saturated carbocycles. The second-order valence-corrected chi connectivity index (χ2v) is 14.8. The molecule has 0 saturated heterocycles. The van der Waals surface area contributed by atoms with Crippen molar-refractivity contribution in [3.05, 3.63) is 47.5 Å². The summed E-state index contributed by atoms with van der Waals surface area (Å²) in [7, 11) is -1.99. The van der Waals surface area contributed by atoms with E-state index in [2.05, 4.69) is 46.0 Å². The molecule has 3 rings (SSSR count). The Morgan fingerprint density at radius 1 is 1.07 bits per heavy atom. The first-order valence-electron chi connectivity index (χ1n) is 10.9. The van der Waals surface area contributed by atoms with Gasteiger partial charge in [-0.15, -0.1) is 0 Å². The van der Waals surface area contributed by atoms with E-state index in [1.54, 1.807) is 12.1 Å². The molecule has 0 bridgehead atoms. The molecule has 0 radical (unpaired) electrons. The zero-order valence-electron chi connectivity index (χ0n) is 18.5. The standard InChI is InChI=1S/C24H35NO3Si/c1-24(2,3)29(4,5)28-17-19(16-15-18-11-7-6-8-12-18)25-22(26)20-13-9-10-14-21(20)23(25)27/h9-10,13-16,18-19H,6-8,11-12,17H2,1-5H3. The lowest BCUT2D eigenvalue weighted by Crippen LogP contribution is -2.47. The molecule has 1 aliphatic heterocycles. The molecule has 1 atom stereocenters. The normalized spacial score (nSPS) is 19.8. The lowest BCUT2D eigenvalue weighted by Gasteiger charge is -2.38. The Morgan fingerprint density at radius 3 is 2.14 bits per heavy atom. The van der Waals surface area contributed by atoms with Crippen molar-refractivity contribution in [1.29, 1.82) is 0 Å². The van der Waals surface area contributed by atoms with E-state index in [9.17, 15) is 9.59 Å². The van der Waals surface area contributed by atoms with Crippen LogP contribution in [0.15, 0.2) is 36.4 Å².